The average molecular weight is 354 g/mol. The molecule has 0 fully saturated rings. The van der Waals surface area contributed by atoms with Crippen LogP contribution >= 0.6 is 0 Å². The number of nitrogens with zero attached hydrogens (tertiary/aromatic N) is 3. The normalized spacial score (nSPS) is 12.9. The first-order chi connectivity index (χ1) is 11.7. The van der Waals surface area contributed by atoms with E-state index in [9.17, 15) is 23.1 Å². The van der Waals surface area contributed by atoms with Crippen molar-refractivity contribution >= 4 is 11.8 Å². The molecule has 0 aliphatic rings. The molecule has 0 aliphatic carbocycles. The highest BCUT2D eigenvalue weighted by Crippen LogP contribution is 2.31. The molecule has 0 spiro atoms. The Hall–Kier alpha value is -2.71. The van der Waals surface area contributed by atoms with E-state index in [1.165, 1.54) is 18.5 Å². The van der Waals surface area contributed by atoms with Gasteiger partial charge < -0.3 is 10.4 Å². The van der Waals surface area contributed by atoms with Gasteiger partial charge in [-0.2, -0.15) is 13.2 Å². The van der Waals surface area contributed by atoms with E-state index in [0.29, 0.717) is 11.6 Å². The molecule has 2 N–H and O–H groups in total. The standard InChI is InChI=1S/C16H17F3N4O2/c1-9(2)6-11(15(24)25)21-13-7-12(16(17,18)19)22-14(23-13)10-4-3-5-20-8-10/h3-5,7-9,11H,6H2,1-2H3,(H,24,25)(H,21,22,23). The number of hydrogen-bond acceptors (Lipinski definition) is 5. The first-order valence-corrected chi connectivity index (χ1v) is 7.53. The minimum Gasteiger partial charge on any atom is -0.480 e. The fraction of sp³-hybridized carbons (Fsp3) is 0.375. The van der Waals surface area contributed by atoms with Crippen molar-refractivity contribution in [2.24, 2.45) is 5.92 Å². The lowest BCUT2D eigenvalue weighted by molar-refractivity contribution is -0.141. The van der Waals surface area contributed by atoms with Crippen LogP contribution in [0.2, 0.25) is 0 Å². The lowest BCUT2D eigenvalue weighted by Crippen LogP contribution is -2.31. The van der Waals surface area contributed by atoms with Crippen LogP contribution in [0.5, 0.6) is 0 Å². The number of hydrogen-bond donors (Lipinski definition) is 2. The minimum atomic E-state index is -4.69. The Bertz CT molecular complexity index is 736. The lowest BCUT2D eigenvalue weighted by atomic mass is 10.0. The molecule has 0 radical (unpaired) electrons. The molecule has 0 bridgehead atoms. The van der Waals surface area contributed by atoms with E-state index in [2.05, 4.69) is 20.3 Å². The summed E-state index contributed by atoms with van der Waals surface area (Å²) in [5, 5.41) is 11.8. The van der Waals surface area contributed by atoms with Crippen molar-refractivity contribution < 1.29 is 23.1 Å². The number of aromatic nitrogens is 3. The van der Waals surface area contributed by atoms with Crippen molar-refractivity contribution in [2.75, 3.05) is 5.32 Å². The van der Waals surface area contributed by atoms with E-state index < -0.39 is 23.9 Å². The van der Waals surface area contributed by atoms with E-state index in [4.69, 9.17) is 0 Å². The van der Waals surface area contributed by atoms with Crippen LogP contribution in [0.25, 0.3) is 11.4 Å². The van der Waals surface area contributed by atoms with Crippen LogP contribution in [0.4, 0.5) is 19.0 Å². The number of carboxylic acids is 1. The fourth-order valence-corrected chi connectivity index (χ4v) is 2.16. The van der Waals surface area contributed by atoms with Crippen molar-refractivity contribution in [1.29, 1.82) is 0 Å². The summed E-state index contributed by atoms with van der Waals surface area (Å²) in [6, 6.07) is 2.72. The first kappa shape index (κ1) is 18.6. The third kappa shape index (κ3) is 5.13. The number of carboxylic acid groups (broad SMARTS) is 1. The number of pyridine rings is 1. The molecule has 2 aromatic heterocycles. The zero-order valence-corrected chi connectivity index (χ0v) is 13.6. The van der Waals surface area contributed by atoms with Gasteiger partial charge in [0, 0.05) is 24.0 Å². The van der Waals surface area contributed by atoms with Crippen molar-refractivity contribution in [1.82, 2.24) is 15.0 Å². The van der Waals surface area contributed by atoms with Crippen molar-refractivity contribution in [3.63, 3.8) is 0 Å². The van der Waals surface area contributed by atoms with Gasteiger partial charge in [-0.3, -0.25) is 4.98 Å². The van der Waals surface area contributed by atoms with Gasteiger partial charge in [-0.1, -0.05) is 13.8 Å². The summed E-state index contributed by atoms with van der Waals surface area (Å²) < 4.78 is 39.4. The molecule has 2 aromatic rings. The summed E-state index contributed by atoms with van der Waals surface area (Å²) in [5.41, 5.74) is -0.857. The summed E-state index contributed by atoms with van der Waals surface area (Å²) in [6.07, 6.45) is -1.64. The molecule has 9 heteroatoms. The van der Waals surface area contributed by atoms with Crippen LogP contribution in [-0.4, -0.2) is 32.1 Å². The van der Waals surface area contributed by atoms with E-state index in [-0.39, 0.29) is 24.0 Å². The Morgan fingerprint density at radius 2 is 2.04 bits per heavy atom. The van der Waals surface area contributed by atoms with Gasteiger partial charge in [0.15, 0.2) is 11.5 Å². The minimum absolute atomic E-state index is 0.0373. The smallest absolute Gasteiger partial charge is 0.433 e. The zero-order valence-electron chi connectivity index (χ0n) is 13.6. The molecule has 1 atom stereocenters. The molecule has 0 amide bonds. The Kier molecular flexibility index (Phi) is 5.55. The predicted molar refractivity (Wildman–Crippen MR) is 84.8 cm³/mol. The van der Waals surface area contributed by atoms with E-state index in [1.54, 1.807) is 6.07 Å². The summed E-state index contributed by atoms with van der Waals surface area (Å²) >= 11 is 0. The second-order valence-electron chi connectivity index (χ2n) is 5.87. The Labute approximate surface area is 142 Å². The van der Waals surface area contributed by atoms with Gasteiger partial charge in [0.05, 0.1) is 0 Å². The zero-order chi connectivity index (χ0) is 18.6. The van der Waals surface area contributed by atoms with Gasteiger partial charge in [0.1, 0.15) is 11.9 Å². The second kappa shape index (κ2) is 7.45. The third-order valence-electron chi connectivity index (χ3n) is 3.26. The Morgan fingerprint density at radius 3 is 2.56 bits per heavy atom. The number of carbonyl (C=O) groups is 1. The monoisotopic (exact) mass is 354 g/mol. The van der Waals surface area contributed by atoms with E-state index in [0.717, 1.165) is 0 Å². The topological polar surface area (TPSA) is 88.0 Å². The lowest BCUT2D eigenvalue weighted by Gasteiger charge is -2.18. The van der Waals surface area contributed by atoms with Crippen molar-refractivity contribution in [2.45, 2.75) is 32.5 Å². The van der Waals surface area contributed by atoms with E-state index in [1.807, 2.05) is 13.8 Å². The van der Waals surface area contributed by atoms with Crippen LogP contribution in [0.3, 0.4) is 0 Å². The maximum Gasteiger partial charge on any atom is 0.433 e. The third-order valence-corrected chi connectivity index (χ3v) is 3.26. The highest BCUT2D eigenvalue weighted by atomic mass is 19.4. The van der Waals surface area contributed by atoms with Gasteiger partial charge in [-0.15, -0.1) is 0 Å². The Morgan fingerprint density at radius 1 is 1.32 bits per heavy atom. The van der Waals surface area contributed by atoms with Crippen LogP contribution < -0.4 is 5.32 Å². The molecule has 134 valence electrons. The summed E-state index contributed by atoms with van der Waals surface area (Å²) in [6.45, 7) is 3.64. The van der Waals surface area contributed by atoms with Crippen molar-refractivity contribution in [3.05, 3.63) is 36.3 Å². The number of rotatable bonds is 6. The molecular weight excluding hydrogens is 337 g/mol. The number of aliphatic carboxylic acids is 1. The number of halogens is 3. The molecule has 0 aromatic carbocycles. The maximum absolute atomic E-state index is 13.1. The average Bonchev–Trinajstić information content (AvgIpc) is 2.53. The Balaban J connectivity index is 2.44. The molecule has 25 heavy (non-hydrogen) atoms. The molecule has 2 rings (SSSR count). The predicted octanol–water partition coefficient (Wildman–Crippen LogP) is 3.47. The van der Waals surface area contributed by atoms with Crippen LogP contribution in [0.15, 0.2) is 30.6 Å². The van der Waals surface area contributed by atoms with Crippen LogP contribution in [0, 0.1) is 5.92 Å². The molecule has 0 aliphatic heterocycles. The molecule has 0 saturated heterocycles. The van der Waals surface area contributed by atoms with Gasteiger partial charge in [0.25, 0.3) is 0 Å². The number of alkyl halides is 3. The summed E-state index contributed by atoms with van der Waals surface area (Å²) in [4.78, 5) is 22.7. The van der Waals surface area contributed by atoms with Crippen molar-refractivity contribution in [3.8, 4) is 11.4 Å². The molecule has 6 nitrogen and oxygen atoms in total. The SMILES string of the molecule is CC(C)CC(Nc1cc(C(F)(F)F)nc(-c2cccnc2)n1)C(=O)O. The molecular formula is C16H17F3N4O2. The second-order valence-corrected chi connectivity index (χ2v) is 5.87. The molecule has 0 saturated carbocycles. The van der Waals surface area contributed by atoms with Crippen LogP contribution in [-0.2, 0) is 11.0 Å². The highest BCUT2D eigenvalue weighted by molar-refractivity contribution is 5.77. The van der Waals surface area contributed by atoms with Gasteiger partial charge in [-0.05, 0) is 24.5 Å². The molecule has 2 heterocycles. The highest BCUT2D eigenvalue weighted by Gasteiger charge is 2.34. The van der Waals surface area contributed by atoms with Crippen LogP contribution in [0.1, 0.15) is 26.0 Å². The quantitative estimate of drug-likeness (QED) is 0.826. The summed E-state index contributed by atoms with van der Waals surface area (Å²) in [7, 11) is 0. The molecule has 1 unspecified atom stereocenters. The summed E-state index contributed by atoms with van der Waals surface area (Å²) in [5.74, 6) is -1.51. The number of anilines is 1. The van der Waals surface area contributed by atoms with Gasteiger partial charge in [-0.25, -0.2) is 14.8 Å². The van der Waals surface area contributed by atoms with Gasteiger partial charge in [0.2, 0.25) is 0 Å². The number of nitrogens with one attached hydrogen (secondary N) is 1. The fourth-order valence-electron chi connectivity index (χ4n) is 2.16. The largest absolute Gasteiger partial charge is 0.480 e. The first-order valence-electron chi connectivity index (χ1n) is 7.53. The van der Waals surface area contributed by atoms with E-state index >= 15 is 0 Å². The maximum atomic E-state index is 13.1. The van der Waals surface area contributed by atoms with Gasteiger partial charge >= 0.3 is 12.1 Å².